The molecule has 2 aromatic carbocycles. The van der Waals surface area contributed by atoms with Crippen molar-refractivity contribution in [1.29, 1.82) is 0 Å². The van der Waals surface area contributed by atoms with Crippen LogP contribution in [0.2, 0.25) is 0 Å². The monoisotopic (exact) mass is 402 g/mol. The predicted octanol–water partition coefficient (Wildman–Crippen LogP) is 3.18. The van der Waals surface area contributed by atoms with Crippen LogP contribution in [0, 0.1) is 5.92 Å². The summed E-state index contributed by atoms with van der Waals surface area (Å²) in [5.41, 5.74) is 3.05. The summed E-state index contributed by atoms with van der Waals surface area (Å²) in [7, 11) is 1.76. The Balaban J connectivity index is 1.32. The highest BCUT2D eigenvalue weighted by molar-refractivity contribution is 6.07. The van der Waals surface area contributed by atoms with Crippen LogP contribution >= 0.6 is 0 Å². The van der Waals surface area contributed by atoms with Crippen molar-refractivity contribution in [2.24, 2.45) is 13.0 Å². The van der Waals surface area contributed by atoms with Gasteiger partial charge in [-0.25, -0.2) is 4.98 Å². The van der Waals surface area contributed by atoms with Crippen molar-refractivity contribution in [3.05, 3.63) is 77.9 Å². The Morgan fingerprint density at radius 3 is 2.67 bits per heavy atom. The Kier molecular flexibility index (Phi) is 5.43. The number of rotatable bonds is 6. The zero-order chi connectivity index (χ0) is 21.1. The molecule has 0 radical (unpaired) electrons. The molecular formula is C23H22N4O3. The van der Waals surface area contributed by atoms with E-state index in [4.69, 9.17) is 0 Å². The second-order valence-corrected chi connectivity index (χ2v) is 7.40. The first kappa shape index (κ1) is 19.6. The number of benzene rings is 2. The average Bonchev–Trinajstić information content (AvgIpc) is 3.18. The van der Waals surface area contributed by atoms with E-state index in [0.29, 0.717) is 29.9 Å². The number of carbonyl (C=O) groups is 3. The minimum absolute atomic E-state index is 0.0429. The number of nitrogens with one attached hydrogen (secondary N) is 2. The van der Waals surface area contributed by atoms with Crippen molar-refractivity contribution >= 4 is 29.0 Å². The number of fused-ring (bicyclic) bond motifs is 1. The quantitative estimate of drug-likeness (QED) is 0.620. The van der Waals surface area contributed by atoms with Gasteiger partial charge in [-0.15, -0.1) is 0 Å². The topological polar surface area (TPSA) is 93.1 Å². The summed E-state index contributed by atoms with van der Waals surface area (Å²) in [5, 5.41) is 5.73. The minimum atomic E-state index is -0.219. The highest BCUT2D eigenvalue weighted by Gasteiger charge is 2.26. The molecule has 1 atom stereocenters. The second kappa shape index (κ2) is 8.32. The van der Waals surface area contributed by atoms with Crippen LogP contribution in [0.5, 0.6) is 0 Å². The number of aryl methyl sites for hydroxylation is 1. The molecule has 0 spiro atoms. The number of amides is 2. The van der Waals surface area contributed by atoms with Crippen LogP contribution < -0.4 is 10.6 Å². The smallest absolute Gasteiger partial charge is 0.228 e. The Morgan fingerprint density at radius 1 is 1.17 bits per heavy atom. The van der Waals surface area contributed by atoms with Gasteiger partial charge in [-0.3, -0.25) is 14.4 Å². The molecule has 0 bridgehead atoms. The molecule has 0 saturated carbocycles. The van der Waals surface area contributed by atoms with Crippen molar-refractivity contribution in [3.8, 4) is 0 Å². The van der Waals surface area contributed by atoms with Gasteiger partial charge in [-0.2, -0.15) is 0 Å². The summed E-state index contributed by atoms with van der Waals surface area (Å²) >= 11 is 0. The molecule has 2 heterocycles. The third kappa shape index (κ3) is 4.15. The first-order valence-electron chi connectivity index (χ1n) is 9.82. The van der Waals surface area contributed by atoms with Gasteiger partial charge < -0.3 is 15.2 Å². The summed E-state index contributed by atoms with van der Waals surface area (Å²) in [5.74, 6) is -0.241. The standard InChI is InChI=1S/C23H22N4O3/c1-27-13-12-24-22(27)21(29)15-6-9-18(10-7-15)25-20(28)11-8-17-14-16-4-2-3-5-19(16)26-23(17)30/h2-7,9-10,12-13,17H,8,11,14H2,1H3,(H,25,28)(H,26,30). The van der Waals surface area contributed by atoms with Crippen LogP contribution in [-0.2, 0) is 23.1 Å². The van der Waals surface area contributed by atoms with Gasteiger partial charge in [0.1, 0.15) is 0 Å². The molecule has 0 saturated heterocycles. The van der Waals surface area contributed by atoms with Crippen molar-refractivity contribution < 1.29 is 14.4 Å². The van der Waals surface area contributed by atoms with Crippen LogP contribution in [-0.4, -0.2) is 27.1 Å². The molecule has 7 heteroatoms. The van der Waals surface area contributed by atoms with Crippen molar-refractivity contribution in [1.82, 2.24) is 9.55 Å². The molecule has 1 aliphatic heterocycles. The summed E-state index contributed by atoms with van der Waals surface area (Å²) in [6.07, 6.45) is 4.65. The van der Waals surface area contributed by atoms with Crippen LogP contribution in [0.4, 0.5) is 11.4 Å². The van der Waals surface area contributed by atoms with Gasteiger partial charge in [0.25, 0.3) is 0 Å². The molecule has 3 aromatic rings. The molecular weight excluding hydrogens is 380 g/mol. The number of carbonyl (C=O) groups excluding carboxylic acids is 3. The molecule has 1 unspecified atom stereocenters. The number of anilines is 2. The molecule has 1 aromatic heterocycles. The average molecular weight is 402 g/mol. The maximum absolute atomic E-state index is 12.4. The highest BCUT2D eigenvalue weighted by Crippen LogP contribution is 2.27. The molecule has 1 aliphatic rings. The van der Waals surface area contributed by atoms with E-state index in [1.165, 1.54) is 0 Å². The lowest BCUT2D eigenvalue weighted by atomic mass is 9.89. The summed E-state index contributed by atoms with van der Waals surface area (Å²) in [6.45, 7) is 0. The van der Waals surface area contributed by atoms with Gasteiger partial charge in [-0.1, -0.05) is 18.2 Å². The third-order valence-corrected chi connectivity index (χ3v) is 5.29. The van der Waals surface area contributed by atoms with Crippen LogP contribution in [0.15, 0.2) is 60.9 Å². The van der Waals surface area contributed by atoms with Crippen LogP contribution in [0.3, 0.4) is 0 Å². The van der Waals surface area contributed by atoms with Gasteiger partial charge in [0.05, 0.1) is 0 Å². The molecule has 2 N–H and O–H groups in total. The van der Waals surface area contributed by atoms with Crippen LogP contribution in [0.1, 0.15) is 34.6 Å². The second-order valence-electron chi connectivity index (χ2n) is 7.40. The van der Waals surface area contributed by atoms with E-state index in [9.17, 15) is 14.4 Å². The Labute approximate surface area is 174 Å². The lowest BCUT2D eigenvalue weighted by Crippen LogP contribution is -2.30. The molecule has 0 aliphatic carbocycles. The normalized spacial score (nSPS) is 15.2. The Hall–Kier alpha value is -3.74. The van der Waals surface area contributed by atoms with Crippen molar-refractivity contribution in [2.45, 2.75) is 19.3 Å². The first-order valence-corrected chi connectivity index (χ1v) is 9.82. The number of hydrogen-bond acceptors (Lipinski definition) is 4. The van der Waals surface area contributed by atoms with Crippen LogP contribution in [0.25, 0.3) is 0 Å². The number of aromatic nitrogens is 2. The van der Waals surface area contributed by atoms with E-state index in [2.05, 4.69) is 15.6 Å². The Bertz CT molecular complexity index is 1100. The van der Waals surface area contributed by atoms with Crippen molar-refractivity contribution in [3.63, 3.8) is 0 Å². The van der Waals surface area contributed by atoms with E-state index in [1.54, 1.807) is 48.3 Å². The molecule has 30 heavy (non-hydrogen) atoms. The molecule has 2 amide bonds. The fourth-order valence-corrected chi connectivity index (χ4v) is 3.59. The largest absolute Gasteiger partial charge is 0.331 e. The number of para-hydroxylation sites is 1. The van der Waals surface area contributed by atoms with E-state index < -0.39 is 0 Å². The SMILES string of the molecule is Cn1ccnc1C(=O)c1ccc(NC(=O)CCC2Cc3ccccc3NC2=O)cc1. The molecule has 0 fully saturated rings. The molecule has 7 nitrogen and oxygen atoms in total. The summed E-state index contributed by atoms with van der Waals surface area (Å²) < 4.78 is 1.66. The van der Waals surface area contributed by atoms with Gasteiger partial charge in [0, 0.05) is 48.7 Å². The Morgan fingerprint density at radius 2 is 1.93 bits per heavy atom. The maximum atomic E-state index is 12.4. The van der Waals surface area contributed by atoms with Gasteiger partial charge >= 0.3 is 0 Å². The zero-order valence-electron chi connectivity index (χ0n) is 16.6. The number of hydrogen-bond donors (Lipinski definition) is 2. The zero-order valence-corrected chi connectivity index (χ0v) is 16.6. The van der Waals surface area contributed by atoms with E-state index in [-0.39, 0.29) is 29.9 Å². The fraction of sp³-hybridized carbons (Fsp3) is 0.217. The van der Waals surface area contributed by atoms with E-state index in [1.807, 2.05) is 24.3 Å². The van der Waals surface area contributed by atoms with Gasteiger partial charge in [0.2, 0.25) is 17.6 Å². The lowest BCUT2D eigenvalue weighted by Gasteiger charge is -2.24. The van der Waals surface area contributed by atoms with E-state index >= 15 is 0 Å². The lowest BCUT2D eigenvalue weighted by molar-refractivity contribution is -0.121. The predicted molar refractivity (Wildman–Crippen MR) is 113 cm³/mol. The highest BCUT2D eigenvalue weighted by atomic mass is 16.2. The maximum Gasteiger partial charge on any atom is 0.228 e. The van der Waals surface area contributed by atoms with Crippen molar-refractivity contribution in [2.75, 3.05) is 10.6 Å². The molecule has 4 rings (SSSR count). The van der Waals surface area contributed by atoms with Gasteiger partial charge in [-0.05, 0) is 48.7 Å². The van der Waals surface area contributed by atoms with Gasteiger partial charge in [0.15, 0.2) is 5.82 Å². The summed E-state index contributed by atoms with van der Waals surface area (Å²) in [4.78, 5) is 41.1. The minimum Gasteiger partial charge on any atom is -0.331 e. The number of nitrogens with zero attached hydrogens (tertiary/aromatic N) is 2. The fourth-order valence-electron chi connectivity index (χ4n) is 3.59. The third-order valence-electron chi connectivity index (χ3n) is 5.29. The number of imidazole rings is 1. The van der Waals surface area contributed by atoms with E-state index in [0.717, 1.165) is 11.3 Å². The first-order chi connectivity index (χ1) is 14.5. The molecule has 152 valence electrons. The number of ketones is 1. The summed E-state index contributed by atoms with van der Waals surface area (Å²) in [6, 6.07) is 14.4.